The molecule has 1 aromatic carbocycles. The van der Waals surface area contributed by atoms with E-state index < -0.39 is 0 Å². The van der Waals surface area contributed by atoms with Crippen LogP contribution >= 0.6 is 34.5 Å². The fourth-order valence-corrected chi connectivity index (χ4v) is 3.99. The number of fused-ring (bicyclic) bond motifs is 1. The molecule has 0 amide bonds. The van der Waals surface area contributed by atoms with Gasteiger partial charge in [0.05, 0.1) is 27.0 Å². The molecule has 6 nitrogen and oxygen atoms in total. The molecular weight excluding hydrogens is 441 g/mol. The van der Waals surface area contributed by atoms with Crippen molar-refractivity contribution in [1.82, 2.24) is 20.0 Å². The van der Waals surface area contributed by atoms with Crippen molar-refractivity contribution in [1.29, 1.82) is 0 Å². The minimum atomic E-state index is -0.249. The lowest BCUT2D eigenvalue weighted by atomic mass is 10.2. The van der Waals surface area contributed by atoms with Crippen LogP contribution in [-0.2, 0) is 0 Å². The van der Waals surface area contributed by atoms with Gasteiger partial charge in [-0.15, -0.1) is 11.3 Å². The van der Waals surface area contributed by atoms with Gasteiger partial charge in [0.2, 0.25) is 0 Å². The highest BCUT2D eigenvalue weighted by molar-refractivity contribution is 7.13. The number of rotatable bonds is 6. The summed E-state index contributed by atoms with van der Waals surface area (Å²) in [5.74, 6) is 0.929. The molecule has 3 heterocycles. The lowest BCUT2D eigenvalue weighted by Gasteiger charge is -2.12. The number of thiophene rings is 1. The van der Waals surface area contributed by atoms with Gasteiger partial charge in [0.15, 0.2) is 5.82 Å². The van der Waals surface area contributed by atoms with Gasteiger partial charge >= 0.3 is 0 Å². The number of hydrazone groups is 1. The smallest absolute Gasteiger partial charge is 0.267 e. The van der Waals surface area contributed by atoms with Crippen molar-refractivity contribution in [2.45, 2.75) is 13.3 Å². The number of benzene rings is 1. The van der Waals surface area contributed by atoms with Gasteiger partial charge in [-0.3, -0.25) is 4.79 Å². The summed E-state index contributed by atoms with van der Waals surface area (Å²) in [4.78, 5) is 23.3. The molecule has 0 atom stereocenters. The van der Waals surface area contributed by atoms with E-state index in [0.29, 0.717) is 32.6 Å². The molecule has 1 N–H and O–H groups in total. The monoisotopic (exact) mass is 457 g/mol. The van der Waals surface area contributed by atoms with Crippen LogP contribution in [0.1, 0.15) is 18.9 Å². The largest absolute Gasteiger partial charge is 0.310 e. The van der Waals surface area contributed by atoms with Crippen LogP contribution in [0, 0.1) is 0 Å². The van der Waals surface area contributed by atoms with Crippen molar-refractivity contribution in [3.8, 4) is 16.5 Å². The van der Waals surface area contributed by atoms with E-state index >= 15 is 0 Å². The second kappa shape index (κ2) is 8.95. The number of nitrogens with zero attached hydrogens (tertiary/aromatic N) is 4. The number of halogens is 2. The van der Waals surface area contributed by atoms with Crippen LogP contribution in [0.4, 0.5) is 0 Å². The summed E-state index contributed by atoms with van der Waals surface area (Å²) in [5.41, 5.74) is 4.22. The minimum absolute atomic E-state index is 0.249. The molecule has 9 heteroatoms. The van der Waals surface area contributed by atoms with Gasteiger partial charge in [-0.25, -0.2) is 14.5 Å². The number of hydrogen-bond donors (Lipinski definition) is 1. The molecule has 0 saturated heterocycles. The maximum atomic E-state index is 13.4. The summed E-state index contributed by atoms with van der Waals surface area (Å²) >= 11 is 13.6. The van der Waals surface area contributed by atoms with Crippen LogP contribution in [0.2, 0.25) is 10.0 Å². The van der Waals surface area contributed by atoms with Crippen LogP contribution in [-0.4, -0.2) is 27.3 Å². The normalized spacial score (nSPS) is 11.4. The van der Waals surface area contributed by atoms with Crippen LogP contribution in [0.5, 0.6) is 0 Å². The molecule has 30 heavy (non-hydrogen) atoms. The van der Waals surface area contributed by atoms with Crippen LogP contribution in [0.15, 0.2) is 57.9 Å². The molecule has 0 fully saturated rings. The predicted octanol–water partition coefficient (Wildman–Crippen LogP) is 5.15. The summed E-state index contributed by atoms with van der Waals surface area (Å²) in [6.45, 7) is 2.89. The van der Waals surface area contributed by atoms with Gasteiger partial charge < -0.3 is 5.43 Å². The summed E-state index contributed by atoms with van der Waals surface area (Å²) in [6, 6.07) is 10.4. The molecule has 0 aliphatic carbocycles. The average Bonchev–Trinajstić information content (AvgIpc) is 3.21. The molecule has 0 aliphatic heterocycles. The number of nitrogens with one attached hydrogen (secondary N) is 1. The molecule has 0 spiro atoms. The van der Waals surface area contributed by atoms with Crippen molar-refractivity contribution >= 4 is 51.7 Å². The average molecular weight is 458 g/mol. The Morgan fingerprint density at radius 2 is 2.03 bits per heavy atom. The third kappa shape index (κ3) is 4.23. The van der Waals surface area contributed by atoms with Gasteiger partial charge in [-0.05, 0) is 42.8 Å². The van der Waals surface area contributed by atoms with Gasteiger partial charge in [0.25, 0.3) is 5.56 Å². The Kier molecular flexibility index (Phi) is 6.13. The minimum Gasteiger partial charge on any atom is -0.310 e. The zero-order valence-corrected chi connectivity index (χ0v) is 18.3. The van der Waals surface area contributed by atoms with E-state index in [1.54, 1.807) is 36.5 Å². The Bertz CT molecular complexity index is 1280. The van der Waals surface area contributed by atoms with Crippen LogP contribution < -0.4 is 11.0 Å². The molecule has 4 rings (SSSR count). The second-order valence-corrected chi connectivity index (χ2v) is 8.27. The maximum Gasteiger partial charge on any atom is 0.267 e. The van der Waals surface area contributed by atoms with Crippen molar-refractivity contribution in [3.63, 3.8) is 0 Å². The van der Waals surface area contributed by atoms with Gasteiger partial charge in [0, 0.05) is 28.7 Å². The second-order valence-electron chi connectivity index (χ2n) is 6.48. The number of hydrogen-bond acceptors (Lipinski definition) is 6. The fraction of sp³-hybridized carbons (Fsp3) is 0.143. The lowest BCUT2D eigenvalue weighted by Crippen LogP contribution is -2.22. The van der Waals surface area contributed by atoms with E-state index in [9.17, 15) is 4.79 Å². The topological polar surface area (TPSA) is 72.2 Å². The van der Waals surface area contributed by atoms with Crippen LogP contribution in [0.25, 0.3) is 27.4 Å². The van der Waals surface area contributed by atoms with E-state index in [0.717, 1.165) is 23.4 Å². The molecule has 0 aliphatic rings. The highest BCUT2D eigenvalue weighted by Gasteiger charge is 2.17. The molecule has 0 bridgehead atoms. The Balaban J connectivity index is 1.88. The third-order valence-electron chi connectivity index (χ3n) is 4.28. The van der Waals surface area contributed by atoms with Gasteiger partial charge in [-0.2, -0.15) is 5.10 Å². The third-order valence-corrected chi connectivity index (χ3v) is 5.68. The van der Waals surface area contributed by atoms with Crippen molar-refractivity contribution in [2.24, 2.45) is 5.10 Å². The first-order valence-electron chi connectivity index (χ1n) is 9.26. The Morgan fingerprint density at radius 1 is 1.20 bits per heavy atom. The lowest BCUT2D eigenvalue weighted by molar-refractivity contribution is 0.719. The molecule has 0 unspecified atom stereocenters. The van der Waals surface area contributed by atoms with E-state index in [1.165, 1.54) is 22.1 Å². The van der Waals surface area contributed by atoms with Crippen molar-refractivity contribution < 1.29 is 0 Å². The van der Waals surface area contributed by atoms with E-state index in [-0.39, 0.29) is 5.56 Å². The highest BCUT2D eigenvalue weighted by Crippen LogP contribution is 2.28. The Labute approximate surface area is 186 Å². The number of aromatic nitrogens is 3. The standard InChI is InChI=1S/C21H17Cl2N5OS/c1-2-7-25-26-10-13-8-18(30-12-13)20-27-17-5-3-14(22)9-16(17)21(29)28(20)19-6-4-15(23)11-24-19/h3-6,8-12,25H,2,7H2,1H3/b26-10+. The van der Waals surface area contributed by atoms with E-state index in [2.05, 4.69) is 22.4 Å². The van der Waals surface area contributed by atoms with E-state index in [1.807, 2.05) is 11.4 Å². The molecule has 152 valence electrons. The van der Waals surface area contributed by atoms with E-state index in [4.69, 9.17) is 28.2 Å². The SMILES string of the molecule is CCCN/N=C/c1csc(-c2nc3ccc(Cl)cc3c(=O)n2-c2ccc(Cl)cn2)c1. The van der Waals surface area contributed by atoms with Gasteiger partial charge in [-0.1, -0.05) is 30.1 Å². The first kappa shape index (κ1) is 20.5. The summed E-state index contributed by atoms with van der Waals surface area (Å²) in [6.07, 6.45) is 4.25. The summed E-state index contributed by atoms with van der Waals surface area (Å²) < 4.78 is 1.48. The molecule has 4 aromatic rings. The number of pyridine rings is 1. The predicted molar refractivity (Wildman–Crippen MR) is 124 cm³/mol. The molecule has 3 aromatic heterocycles. The summed E-state index contributed by atoms with van der Waals surface area (Å²) in [7, 11) is 0. The highest BCUT2D eigenvalue weighted by atomic mass is 35.5. The molecule has 0 radical (unpaired) electrons. The summed E-state index contributed by atoms with van der Waals surface area (Å²) in [5, 5.41) is 7.55. The zero-order valence-electron chi connectivity index (χ0n) is 16.0. The fourth-order valence-electron chi connectivity index (χ4n) is 2.87. The Morgan fingerprint density at radius 3 is 2.80 bits per heavy atom. The van der Waals surface area contributed by atoms with Crippen molar-refractivity contribution in [3.05, 3.63) is 73.9 Å². The zero-order chi connectivity index (χ0) is 21.1. The quantitative estimate of drug-likeness (QED) is 0.247. The van der Waals surface area contributed by atoms with Crippen LogP contribution in [0.3, 0.4) is 0 Å². The first-order chi connectivity index (χ1) is 14.6. The van der Waals surface area contributed by atoms with Gasteiger partial charge in [0.1, 0.15) is 5.82 Å². The molecule has 0 saturated carbocycles. The first-order valence-corrected chi connectivity index (χ1v) is 10.9. The maximum absolute atomic E-state index is 13.4. The molecular formula is C21H17Cl2N5OS. The Hall–Kier alpha value is -2.74. The van der Waals surface area contributed by atoms with Crippen molar-refractivity contribution in [2.75, 3.05) is 6.54 Å².